The van der Waals surface area contributed by atoms with E-state index in [1.165, 1.54) is 18.4 Å². The second-order valence-electron chi connectivity index (χ2n) is 6.53. The summed E-state index contributed by atoms with van der Waals surface area (Å²) in [4.78, 5) is 23.7. The number of ether oxygens (including phenoxy) is 1. The van der Waals surface area contributed by atoms with Crippen molar-refractivity contribution >= 4 is 34.4 Å². The van der Waals surface area contributed by atoms with E-state index in [1.807, 2.05) is 6.07 Å². The first kappa shape index (κ1) is 20.1. The van der Waals surface area contributed by atoms with Gasteiger partial charge >= 0.3 is 11.9 Å². The molecule has 1 aromatic heterocycles. The Morgan fingerprint density at radius 2 is 1.92 bits per heavy atom. The third kappa shape index (κ3) is 5.64. The smallest absolute Gasteiger partial charge is 0.414 e. The predicted molar refractivity (Wildman–Crippen MR) is 99.1 cm³/mol. The Hall–Kier alpha value is -2.25. The van der Waals surface area contributed by atoms with Gasteiger partial charge in [-0.15, -0.1) is 0 Å². The number of hydrogen-bond acceptors (Lipinski definition) is 4. The number of rotatable bonds is 6. The second kappa shape index (κ2) is 8.91. The first-order valence-electron chi connectivity index (χ1n) is 8.31. The third-order valence-electron chi connectivity index (χ3n) is 4.01. The number of nitrogens with zero attached hydrogens (tertiary/aromatic N) is 1. The van der Waals surface area contributed by atoms with Crippen LogP contribution in [0.4, 0.5) is 0 Å². The number of carboxylic acid groups (broad SMARTS) is 2. The van der Waals surface area contributed by atoms with E-state index in [1.54, 1.807) is 0 Å². The third-order valence-corrected chi connectivity index (χ3v) is 4.39. The number of halogens is 1. The number of hydrogen-bond donors (Lipinski definition) is 3. The number of benzene rings is 1. The molecule has 0 unspecified atom stereocenters. The molecule has 0 saturated heterocycles. The lowest BCUT2D eigenvalue weighted by Gasteiger charge is -2.11. The van der Waals surface area contributed by atoms with Crippen LogP contribution in [0.15, 0.2) is 18.3 Å². The molecule has 0 aliphatic heterocycles. The highest BCUT2D eigenvalue weighted by molar-refractivity contribution is 6.37. The van der Waals surface area contributed by atoms with Crippen molar-refractivity contribution in [3.63, 3.8) is 0 Å². The predicted octanol–water partition coefficient (Wildman–Crippen LogP) is 2.87. The van der Waals surface area contributed by atoms with Crippen molar-refractivity contribution in [3.8, 4) is 5.75 Å². The van der Waals surface area contributed by atoms with Gasteiger partial charge in [0.1, 0.15) is 5.75 Å². The first-order chi connectivity index (χ1) is 12.3. The summed E-state index contributed by atoms with van der Waals surface area (Å²) in [6.07, 6.45) is 5.62. The van der Waals surface area contributed by atoms with Crippen LogP contribution in [0, 0.1) is 5.92 Å². The Labute approximate surface area is 156 Å². The van der Waals surface area contributed by atoms with Crippen molar-refractivity contribution in [3.05, 3.63) is 28.9 Å². The molecule has 2 aromatic rings. The lowest BCUT2D eigenvalue weighted by atomic mass is 10.1. The quantitative estimate of drug-likeness (QED) is 0.664. The molecule has 1 fully saturated rings. The molecule has 3 N–H and O–H groups in total. The van der Waals surface area contributed by atoms with E-state index in [0.717, 1.165) is 47.2 Å². The Kier molecular flexibility index (Phi) is 6.88. The van der Waals surface area contributed by atoms with Crippen molar-refractivity contribution in [2.45, 2.75) is 19.3 Å². The summed E-state index contributed by atoms with van der Waals surface area (Å²) < 4.78 is 5.86. The van der Waals surface area contributed by atoms with Crippen molar-refractivity contribution in [1.82, 2.24) is 9.88 Å². The van der Waals surface area contributed by atoms with Crippen molar-refractivity contribution in [2.75, 3.05) is 27.2 Å². The van der Waals surface area contributed by atoms with Gasteiger partial charge in [-0.3, -0.25) is 0 Å². The Bertz CT molecular complexity index is 771. The molecule has 0 spiro atoms. The molecule has 8 heteroatoms. The van der Waals surface area contributed by atoms with Crippen LogP contribution < -0.4 is 4.74 Å². The zero-order chi connectivity index (χ0) is 19.3. The van der Waals surface area contributed by atoms with Crippen LogP contribution in [-0.2, 0) is 16.0 Å². The minimum Gasteiger partial charge on any atom is -0.492 e. The lowest BCUT2D eigenvalue weighted by molar-refractivity contribution is -0.159. The molecular weight excluding hydrogens is 360 g/mol. The molecule has 1 aliphatic rings. The highest BCUT2D eigenvalue weighted by Crippen LogP contribution is 2.37. The van der Waals surface area contributed by atoms with E-state index in [4.69, 9.17) is 36.1 Å². The molecule has 142 valence electrons. The van der Waals surface area contributed by atoms with Crippen LogP contribution >= 0.6 is 11.6 Å². The molecule has 1 aromatic carbocycles. The summed E-state index contributed by atoms with van der Waals surface area (Å²) in [7, 11) is 4.17. The molecule has 1 saturated carbocycles. The van der Waals surface area contributed by atoms with E-state index >= 15 is 0 Å². The standard InChI is InChI=1S/C16H21ClN2O.C2H2O4/c1-19(2)8-7-12-9-18-13-5-6-14(16(17)15(12)13)20-10-11-3-4-11;3-1(4)2(5)6/h5-6,9,11,18H,3-4,7-8,10H2,1-2H3;(H,3,4)(H,5,6). The first-order valence-corrected chi connectivity index (χ1v) is 8.69. The maximum absolute atomic E-state index is 9.10. The minimum atomic E-state index is -1.82. The molecule has 0 atom stereocenters. The molecule has 3 rings (SSSR count). The molecular formula is C18H23ClN2O5. The summed E-state index contributed by atoms with van der Waals surface area (Å²) in [6, 6.07) is 4.03. The van der Waals surface area contributed by atoms with E-state index in [-0.39, 0.29) is 0 Å². The summed E-state index contributed by atoms with van der Waals surface area (Å²) in [6.45, 7) is 1.80. The average molecular weight is 383 g/mol. The van der Waals surface area contributed by atoms with Gasteiger partial charge in [0.05, 0.1) is 11.6 Å². The maximum Gasteiger partial charge on any atom is 0.414 e. The molecule has 1 heterocycles. The van der Waals surface area contributed by atoms with Gasteiger partial charge in [0.2, 0.25) is 0 Å². The number of carboxylic acids is 2. The second-order valence-corrected chi connectivity index (χ2v) is 6.91. The van der Waals surface area contributed by atoms with Crippen LogP contribution in [0.3, 0.4) is 0 Å². The molecule has 0 amide bonds. The Morgan fingerprint density at radius 1 is 1.27 bits per heavy atom. The molecule has 0 bridgehead atoms. The fourth-order valence-electron chi connectivity index (χ4n) is 2.37. The van der Waals surface area contributed by atoms with E-state index in [0.29, 0.717) is 0 Å². The molecule has 1 aliphatic carbocycles. The summed E-state index contributed by atoms with van der Waals surface area (Å²) in [5, 5.41) is 16.6. The Morgan fingerprint density at radius 3 is 2.46 bits per heavy atom. The van der Waals surface area contributed by atoms with E-state index < -0.39 is 11.9 Å². The Balaban J connectivity index is 0.000000352. The highest BCUT2D eigenvalue weighted by Gasteiger charge is 2.22. The van der Waals surface area contributed by atoms with E-state index in [9.17, 15) is 0 Å². The number of aromatic amines is 1. The van der Waals surface area contributed by atoms with Crippen LogP contribution in [0.2, 0.25) is 5.02 Å². The van der Waals surface area contributed by atoms with Crippen LogP contribution in [0.1, 0.15) is 18.4 Å². The van der Waals surface area contributed by atoms with Gasteiger partial charge < -0.3 is 24.8 Å². The van der Waals surface area contributed by atoms with Gasteiger partial charge in [-0.05, 0) is 57.0 Å². The highest BCUT2D eigenvalue weighted by atomic mass is 35.5. The SMILES string of the molecule is CN(C)CCc1c[nH]c2ccc(OCC3CC3)c(Cl)c12.O=C(O)C(=O)O. The van der Waals surface area contributed by atoms with Gasteiger partial charge in [-0.25, -0.2) is 9.59 Å². The summed E-state index contributed by atoms with van der Waals surface area (Å²) in [5.41, 5.74) is 2.35. The maximum atomic E-state index is 9.10. The summed E-state index contributed by atoms with van der Waals surface area (Å²) in [5.74, 6) is -2.09. The average Bonchev–Trinajstić information content (AvgIpc) is 3.31. The zero-order valence-corrected chi connectivity index (χ0v) is 15.5. The van der Waals surface area contributed by atoms with Crippen molar-refractivity contribution in [2.24, 2.45) is 5.92 Å². The fraction of sp³-hybridized carbons (Fsp3) is 0.444. The van der Waals surface area contributed by atoms with Gasteiger partial charge in [0, 0.05) is 23.6 Å². The monoisotopic (exact) mass is 382 g/mol. The number of nitrogens with one attached hydrogen (secondary N) is 1. The van der Waals surface area contributed by atoms with Gasteiger partial charge in [0.15, 0.2) is 0 Å². The lowest BCUT2D eigenvalue weighted by Crippen LogP contribution is -2.14. The number of likely N-dealkylation sites (N-methyl/N-ethyl adjacent to an activating group) is 1. The van der Waals surface area contributed by atoms with Crippen LogP contribution in [0.5, 0.6) is 5.75 Å². The number of aromatic nitrogens is 1. The van der Waals surface area contributed by atoms with Crippen LogP contribution in [0.25, 0.3) is 10.9 Å². The van der Waals surface area contributed by atoms with Crippen LogP contribution in [-0.4, -0.2) is 59.3 Å². The summed E-state index contributed by atoms with van der Waals surface area (Å²) >= 11 is 6.55. The fourth-order valence-corrected chi connectivity index (χ4v) is 2.71. The van der Waals surface area contributed by atoms with Gasteiger partial charge in [-0.1, -0.05) is 11.6 Å². The minimum absolute atomic E-state index is 0.737. The molecule has 0 radical (unpaired) electrons. The topological polar surface area (TPSA) is 103 Å². The van der Waals surface area contributed by atoms with Crippen molar-refractivity contribution < 1.29 is 24.5 Å². The van der Waals surface area contributed by atoms with E-state index in [2.05, 4.69) is 36.2 Å². The van der Waals surface area contributed by atoms with Gasteiger partial charge in [-0.2, -0.15) is 0 Å². The number of fused-ring (bicyclic) bond motifs is 1. The number of carbonyl (C=O) groups is 2. The van der Waals surface area contributed by atoms with Crippen molar-refractivity contribution in [1.29, 1.82) is 0 Å². The molecule has 26 heavy (non-hydrogen) atoms. The normalized spacial score (nSPS) is 13.4. The number of H-pyrrole nitrogens is 1. The zero-order valence-electron chi connectivity index (χ0n) is 14.8. The molecule has 7 nitrogen and oxygen atoms in total. The largest absolute Gasteiger partial charge is 0.492 e. The van der Waals surface area contributed by atoms with Gasteiger partial charge in [0.25, 0.3) is 0 Å². The number of aliphatic carboxylic acids is 2.